The number of aryl methyl sites for hydroxylation is 1. The van der Waals surface area contributed by atoms with Gasteiger partial charge in [-0.1, -0.05) is 35.3 Å². The number of nitrogens with one attached hydrogen (secondary N) is 1. The van der Waals surface area contributed by atoms with Crippen molar-refractivity contribution in [2.45, 2.75) is 18.4 Å². The quantitative estimate of drug-likeness (QED) is 0.695. The molecule has 21 heavy (non-hydrogen) atoms. The van der Waals surface area contributed by atoms with Gasteiger partial charge in [0.25, 0.3) is 0 Å². The van der Waals surface area contributed by atoms with Gasteiger partial charge in [-0.3, -0.25) is 0 Å². The summed E-state index contributed by atoms with van der Waals surface area (Å²) in [6.45, 7) is 1.94. The highest BCUT2D eigenvalue weighted by molar-refractivity contribution is 14.1. The van der Waals surface area contributed by atoms with E-state index in [2.05, 4.69) is 27.3 Å². The second kappa shape index (κ2) is 6.83. The van der Waals surface area contributed by atoms with Gasteiger partial charge in [-0.2, -0.15) is 0 Å². The Bertz CT molecular complexity index is 779. The monoisotopic (exact) mass is 455 g/mol. The van der Waals surface area contributed by atoms with Gasteiger partial charge in [0.15, 0.2) is 0 Å². The van der Waals surface area contributed by atoms with Gasteiger partial charge in [0.2, 0.25) is 10.0 Å². The van der Waals surface area contributed by atoms with Crippen molar-refractivity contribution in [2.24, 2.45) is 0 Å². The number of hydrogen-bond donors (Lipinski definition) is 1. The molecule has 3 nitrogen and oxygen atoms in total. The Labute approximate surface area is 147 Å². The predicted molar refractivity (Wildman–Crippen MR) is 94.4 cm³/mol. The van der Waals surface area contributed by atoms with Crippen molar-refractivity contribution in [1.29, 1.82) is 0 Å². The van der Waals surface area contributed by atoms with Gasteiger partial charge >= 0.3 is 0 Å². The fraction of sp³-hybridized carbons (Fsp3) is 0.143. The molecule has 0 unspecified atom stereocenters. The highest BCUT2D eigenvalue weighted by Gasteiger charge is 2.19. The lowest BCUT2D eigenvalue weighted by Gasteiger charge is -2.10. The van der Waals surface area contributed by atoms with E-state index in [4.69, 9.17) is 23.2 Å². The molecule has 0 spiro atoms. The Kier molecular flexibility index (Phi) is 5.54. The molecule has 112 valence electrons. The summed E-state index contributed by atoms with van der Waals surface area (Å²) in [7, 11) is -3.68. The third kappa shape index (κ3) is 4.32. The van der Waals surface area contributed by atoms with Crippen LogP contribution >= 0.6 is 45.8 Å². The van der Waals surface area contributed by atoms with E-state index in [1.807, 2.05) is 24.3 Å². The second-order valence-corrected chi connectivity index (χ2v) is 8.28. The fourth-order valence-electron chi connectivity index (χ4n) is 1.74. The van der Waals surface area contributed by atoms with Crippen LogP contribution in [0.1, 0.15) is 11.1 Å². The number of sulfonamides is 1. The summed E-state index contributed by atoms with van der Waals surface area (Å²) < 4.78 is 28.3. The van der Waals surface area contributed by atoms with Gasteiger partial charge < -0.3 is 0 Å². The van der Waals surface area contributed by atoms with Crippen LogP contribution in [0.5, 0.6) is 0 Å². The molecule has 0 saturated heterocycles. The molecule has 0 heterocycles. The van der Waals surface area contributed by atoms with Gasteiger partial charge in [-0.25, -0.2) is 13.1 Å². The zero-order valence-electron chi connectivity index (χ0n) is 11.0. The third-order valence-corrected chi connectivity index (χ3v) is 5.80. The zero-order chi connectivity index (χ0) is 15.6. The fourth-order valence-corrected chi connectivity index (χ4v) is 4.19. The van der Waals surface area contributed by atoms with Crippen LogP contribution in [-0.2, 0) is 16.6 Å². The molecule has 0 fully saturated rings. The van der Waals surface area contributed by atoms with Crippen LogP contribution in [0.3, 0.4) is 0 Å². The molecule has 0 aliphatic carbocycles. The van der Waals surface area contributed by atoms with E-state index in [0.717, 1.165) is 9.13 Å². The van der Waals surface area contributed by atoms with Crippen LogP contribution in [0, 0.1) is 10.5 Å². The number of rotatable bonds is 4. The molecule has 0 atom stereocenters. The van der Waals surface area contributed by atoms with E-state index in [0.29, 0.717) is 10.6 Å². The van der Waals surface area contributed by atoms with Crippen LogP contribution < -0.4 is 4.72 Å². The van der Waals surface area contributed by atoms with Crippen molar-refractivity contribution in [3.63, 3.8) is 0 Å². The van der Waals surface area contributed by atoms with Gasteiger partial charge in [0.1, 0.15) is 4.90 Å². The van der Waals surface area contributed by atoms with Crippen LogP contribution in [-0.4, -0.2) is 8.42 Å². The number of hydrogen-bond acceptors (Lipinski definition) is 2. The van der Waals surface area contributed by atoms with Crippen molar-refractivity contribution in [3.8, 4) is 0 Å². The van der Waals surface area contributed by atoms with Crippen LogP contribution in [0.25, 0.3) is 0 Å². The first-order valence-electron chi connectivity index (χ1n) is 5.99. The number of benzene rings is 2. The Morgan fingerprint density at radius 2 is 1.86 bits per heavy atom. The van der Waals surface area contributed by atoms with Crippen LogP contribution in [0.15, 0.2) is 41.3 Å². The molecule has 2 aromatic carbocycles. The lowest BCUT2D eigenvalue weighted by Crippen LogP contribution is -2.23. The van der Waals surface area contributed by atoms with Crippen molar-refractivity contribution in [3.05, 3.63) is 61.1 Å². The van der Waals surface area contributed by atoms with Crippen molar-refractivity contribution < 1.29 is 8.42 Å². The van der Waals surface area contributed by atoms with E-state index in [1.54, 1.807) is 6.92 Å². The maximum absolute atomic E-state index is 12.3. The maximum atomic E-state index is 12.3. The molecule has 2 aromatic rings. The molecule has 0 amide bonds. The molecule has 1 N–H and O–H groups in total. The SMILES string of the molecule is Cc1cc(S(=O)(=O)NCc2cccc(I)c2)c(Cl)cc1Cl. The minimum absolute atomic E-state index is 0.0386. The van der Waals surface area contributed by atoms with E-state index >= 15 is 0 Å². The molecule has 0 radical (unpaired) electrons. The minimum atomic E-state index is -3.68. The summed E-state index contributed by atoms with van der Waals surface area (Å²) >= 11 is 14.1. The van der Waals surface area contributed by atoms with Crippen LogP contribution in [0.4, 0.5) is 0 Å². The molecule has 2 rings (SSSR count). The highest BCUT2D eigenvalue weighted by Crippen LogP contribution is 2.28. The van der Waals surface area contributed by atoms with Gasteiger partial charge in [-0.05, 0) is 64.9 Å². The summed E-state index contributed by atoms with van der Waals surface area (Å²) in [4.78, 5) is 0.0386. The summed E-state index contributed by atoms with van der Waals surface area (Å²) in [5.74, 6) is 0. The van der Waals surface area contributed by atoms with Gasteiger partial charge in [0.05, 0.1) is 5.02 Å². The lowest BCUT2D eigenvalue weighted by atomic mass is 10.2. The Hall–Kier alpha value is -0.340. The molecule has 7 heteroatoms. The molecule has 0 bridgehead atoms. The smallest absolute Gasteiger partial charge is 0.207 e. The van der Waals surface area contributed by atoms with E-state index < -0.39 is 10.0 Å². The maximum Gasteiger partial charge on any atom is 0.242 e. The first kappa shape index (κ1) is 17.0. The zero-order valence-corrected chi connectivity index (χ0v) is 15.5. The average Bonchev–Trinajstić information content (AvgIpc) is 2.41. The van der Waals surface area contributed by atoms with Crippen molar-refractivity contribution in [1.82, 2.24) is 4.72 Å². The van der Waals surface area contributed by atoms with E-state index in [9.17, 15) is 8.42 Å². The van der Waals surface area contributed by atoms with Crippen LogP contribution in [0.2, 0.25) is 10.0 Å². The summed E-state index contributed by atoms with van der Waals surface area (Å²) in [6.07, 6.45) is 0. The molecule has 0 aromatic heterocycles. The molecule has 0 aliphatic rings. The first-order chi connectivity index (χ1) is 9.79. The minimum Gasteiger partial charge on any atom is -0.207 e. The summed E-state index contributed by atoms with van der Waals surface area (Å²) in [5.41, 5.74) is 1.54. The highest BCUT2D eigenvalue weighted by atomic mass is 127. The summed E-state index contributed by atoms with van der Waals surface area (Å²) in [5, 5.41) is 0.553. The molecule has 0 saturated carbocycles. The molecular formula is C14H12Cl2INO2S. The van der Waals surface area contributed by atoms with Gasteiger partial charge in [-0.15, -0.1) is 0 Å². The Balaban J connectivity index is 2.25. The number of halogens is 3. The normalized spacial score (nSPS) is 11.6. The topological polar surface area (TPSA) is 46.2 Å². The standard InChI is InChI=1S/C14H12Cl2INO2S/c1-9-5-14(13(16)7-12(9)15)21(19,20)18-8-10-3-2-4-11(17)6-10/h2-7,18H,8H2,1H3. The average molecular weight is 456 g/mol. The molecular weight excluding hydrogens is 444 g/mol. The summed E-state index contributed by atoms with van der Waals surface area (Å²) in [6, 6.07) is 10.5. The van der Waals surface area contributed by atoms with E-state index in [1.165, 1.54) is 12.1 Å². The largest absolute Gasteiger partial charge is 0.242 e. The van der Waals surface area contributed by atoms with Crippen molar-refractivity contribution >= 4 is 55.8 Å². The Morgan fingerprint density at radius 3 is 2.52 bits per heavy atom. The molecule has 0 aliphatic heterocycles. The van der Waals surface area contributed by atoms with E-state index in [-0.39, 0.29) is 16.5 Å². The predicted octanol–water partition coefficient (Wildman–Crippen LogP) is 4.38. The van der Waals surface area contributed by atoms with Gasteiger partial charge in [0, 0.05) is 15.1 Å². The van der Waals surface area contributed by atoms with Crippen molar-refractivity contribution in [2.75, 3.05) is 0 Å². The third-order valence-electron chi connectivity index (χ3n) is 2.86. The first-order valence-corrected chi connectivity index (χ1v) is 9.31. The second-order valence-electron chi connectivity index (χ2n) is 4.49. The Morgan fingerprint density at radius 1 is 1.14 bits per heavy atom. The lowest BCUT2D eigenvalue weighted by molar-refractivity contribution is 0.581.